The van der Waals surface area contributed by atoms with Gasteiger partial charge in [-0.25, -0.2) is 0 Å². The monoisotopic (exact) mass is 326 g/mol. The molecule has 2 aromatic rings. The highest BCUT2D eigenvalue weighted by Gasteiger charge is 2.21. The molecule has 3 heteroatoms. The Labute approximate surface area is 141 Å². The topological polar surface area (TPSA) is 38.0 Å². The highest BCUT2D eigenvalue weighted by Crippen LogP contribution is 2.32. The van der Waals surface area contributed by atoms with E-state index in [0.717, 1.165) is 6.54 Å². The molecule has 2 atom stereocenters. The molecule has 0 aliphatic heterocycles. The lowest BCUT2D eigenvalue weighted by Crippen LogP contribution is -2.47. The number of nitrogens with one attached hydrogen (secondary N) is 1. The van der Waals surface area contributed by atoms with E-state index in [1.165, 1.54) is 42.5 Å². The van der Waals surface area contributed by atoms with Crippen LogP contribution in [0.5, 0.6) is 0 Å². The van der Waals surface area contributed by atoms with Crippen molar-refractivity contribution in [1.82, 2.24) is 5.32 Å². The highest BCUT2D eigenvalue weighted by molar-refractivity contribution is 7.73. The zero-order chi connectivity index (χ0) is 15.9. The summed E-state index contributed by atoms with van der Waals surface area (Å²) in [5.41, 5.74) is 6.26. The minimum Gasteiger partial charge on any atom is -0.326 e. The standard InChI is InChI=1S/C20H27N2P/c21-19-13-7-8-14-20(19)22-15-16-23(17-9-3-1-4-10-17)18-11-5-2-6-12-18/h1-6,9-12,19-20,22H,7-8,13-16,21H2/t19-,20?/m1/s1. The third kappa shape index (κ3) is 4.64. The van der Waals surface area contributed by atoms with E-state index in [1.54, 1.807) is 0 Å². The number of nitrogens with two attached hydrogens (primary N) is 1. The van der Waals surface area contributed by atoms with Gasteiger partial charge in [0, 0.05) is 12.1 Å². The van der Waals surface area contributed by atoms with Gasteiger partial charge in [0.1, 0.15) is 0 Å². The lowest BCUT2D eigenvalue weighted by Gasteiger charge is -2.30. The summed E-state index contributed by atoms with van der Waals surface area (Å²) < 4.78 is 0. The molecule has 1 aliphatic carbocycles. The summed E-state index contributed by atoms with van der Waals surface area (Å²) in [7, 11) is -0.295. The van der Waals surface area contributed by atoms with Gasteiger partial charge in [0.05, 0.1) is 0 Å². The van der Waals surface area contributed by atoms with Crippen molar-refractivity contribution in [2.75, 3.05) is 12.7 Å². The molecule has 1 saturated carbocycles. The first-order valence-electron chi connectivity index (χ1n) is 8.71. The first-order valence-corrected chi connectivity index (χ1v) is 10.2. The van der Waals surface area contributed by atoms with E-state index in [1.807, 2.05) is 0 Å². The molecule has 1 unspecified atom stereocenters. The van der Waals surface area contributed by atoms with Crippen molar-refractivity contribution in [3.63, 3.8) is 0 Å². The quantitative estimate of drug-likeness (QED) is 0.801. The zero-order valence-electron chi connectivity index (χ0n) is 13.7. The summed E-state index contributed by atoms with van der Waals surface area (Å²) in [5, 5.41) is 6.66. The number of benzene rings is 2. The summed E-state index contributed by atoms with van der Waals surface area (Å²) in [4.78, 5) is 0. The van der Waals surface area contributed by atoms with Crippen molar-refractivity contribution in [1.29, 1.82) is 0 Å². The Morgan fingerprint density at radius 3 is 2.00 bits per heavy atom. The molecular weight excluding hydrogens is 299 g/mol. The molecule has 2 nitrogen and oxygen atoms in total. The lowest BCUT2D eigenvalue weighted by atomic mass is 9.91. The summed E-state index contributed by atoms with van der Waals surface area (Å²) in [6, 6.07) is 22.7. The van der Waals surface area contributed by atoms with Gasteiger partial charge in [-0.3, -0.25) is 0 Å². The summed E-state index contributed by atoms with van der Waals surface area (Å²) in [6.45, 7) is 1.05. The molecule has 0 radical (unpaired) electrons. The predicted octanol–water partition coefficient (Wildman–Crippen LogP) is 2.98. The second-order valence-electron chi connectivity index (χ2n) is 6.33. The Morgan fingerprint density at radius 2 is 1.43 bits per heavy atom. The molecule has 0 saturated heterocycles. The first-order chi connectivity index (χ1) is 11.3. The molecule has 0 bridgehead atoms. The third-order valence-electron chi connectivity index (χ3n) is 4.70. The van der Waals surface area contributed by atoms with Crippen molar-refractivity contribution in [3.8, 4) is 0 Å². The minimum absolute atomic E-state index is 0.295. The van der Waals surface area contributed by atoms with Crippen LogP contribution in [-0.4, -0.2) is 24.8 Å². The molecule has 3 N–H and O–H groups in total. The van der Waals surface area contributed by atoms with E-state index in [2.05, 4.69) is 66.0 Å². The third-order valence-corrected chi connectivity index (χ3v) is 7.21. The molecule has 0 aromatic heterocycles. The van der Waals surface area contributed by atoms with E-state index in [9.17, 15) is 0 Å². The Hall–Kier alpha value is -1.21. The molecule has 1 fully saturated rings. The maximum absolute atomic E-state index is 6.26. The smallest absolute Gasteiger partial charge is 0.0219 e. The van der Waals surface area contributed by atoms with Crippen LogP contribution in [0.2, 0.25) is 0 Å². The van der Waals surface area contributed by atoms with Crippen LogP contribution < -0.4 is 21.7 Å². The van der Waals surface area contributed by atoms with E-state index in [4.69, 9.17) is 5.73 Å². The largest absolute Gasteiger partial charge is 0.326 e. The molecule has 3 rings (SSSR count). The van der Waals surface area contributed by atoms with Gasteiger partial charge in [-0.05, 0) is 44.1 Å². The van der Waals surface area contributed by atoms with Gasteiger partial charge in [-0.15, -0.1) is 0 Å². The maximum atomic E-state index is 6.26. The van der Waals surface area contributed by atoms with Crippen molar-refractivity contribution in [3.05, 3.63) is 60.7 Å². The van der Waals surface area contributed by atoms with Crippen molar-refractivity contribution < 1.29 is 0 Å². The molecule has 0 heterocycles. The van der Waals surface area contributed by atoms with E-state index >= 15 is 0 Å². The van der Waals surface area contributed by atoms with Crippen molar-refractivity contribution in [2.24, 2.45) is 5.73 Å². The Bertz CT molecular complexity index is 533. The van der Waals surface area contributed by atoms with Gasteiger partial charge in [0.25, 0.3) is 0 Å². The summed E-state index contributed by atoms with van der Waals surface area (Å²) in [5.74, 6) is 0. The van der Waals surface area contributed by atoms with Gasteiger partial charge >= 0.3 is 0 Å². The molecule has 1 aliphatic rings. The normalized spacial score (nSPS) is 21.5. The van der Waals surface area contributed by atoms with Gasteiger partial charge < -0.3 is 11.1 Å². The fourth-order valence-electron chi connectivity index (χ4n) is 3.40. The van der Waals surface area contributed by atoms with E-state index in [0.29, 0.717) is 12.1 Å². The van der Waals surface area contributed by atoms with Gasteiger partial charge in [0.15, 0.2) is 0 Å². The van der Waals surface area contributed by atoms with Crippen LogP contribution in [0.25, 0.3) is 0 Å². The zero-order valence-corrected chi connectivity index (χ0v) is 14.6. The minimum atomic E-state index is -0.295. The van der Waals surface area contributed by atoms with E-state index in [-0.39, 0.29) is 7.92 Å². The highest BCUT2D eigenvalue weighted by atomic mass is 31.1. The SMILES string of the molecule is N[C@@H]1CCCCC1NCCP(c1ccccc1)c1ccccc1. The van der Waals surface area contributed by atoms with Crippen LogP contribution >= 0.6 is 7.92 Å². The van der Waals surface area contributed by atoms with Gasteiger partial charge in [-0.2, -0.15) is 0 Å². The molecular formula is C20H27N2P. The second kappa shape index (κ2) is 8.59. The van der Waals surface area contributed by atoms with Gasteiger partial charge in [0.2, 0.25) is 0 Å². The molecule has 23 heavy (non-hydrogen) atoms. The number of hydrogen-bond acceptors (Lipinski definition) is 2. The second-order valence-corrected chi connectivity index (χ2v) is 8.67. The fourth-order valence-corrected chi connectivity index (χ4v) is 5.63. The van der Waals surface area contributed by atoms with Crippen LogP contribution in [0.4, 0.5) is 0 Å². The van der Waals surface area contributed by atoms with E-state index < -0.39 is 0 Å². The molecule has 0 spiro atoms. The fraction of sp³-hybridized carbons (Fsp3) is 0.400. The van der Waals surface area contributed by atoms with Crippen LogP contribution in [0.15, 0.2) is 60.7 Å². The Morgan fingerprint density at radius 1 is 0.870 bits per heavy atom. The van der Waals surface area contributed by atoms with Crippen LogP contribution in [0.1, 0.15) is 25.7 Å². The molecule has 122 valence electrons. The van der Waals surface area contributed by atoms with Gasteiger partial charge in [-0.1, -0.05) is 73.5 Å². The average Bonchev–Trinajstić information content (AvgIpc) is 2.62. The lowest BCUT2D eigenvalue weighted by molar-refractivity contribution is 0.333. The maximum Gasteiger partial charge on any atom is 0.0219 e. The van der Waals surface area contributed by atoms with Crippen molar-refractivity contribution in [2.45, 2.75) is 37.8 Å². The average molecular weight is 326 g/mol. The Balaban J connectivity index is 1.65. The Kier molecular flexibility index (Phi) is 6.21. The molecule has 0 amide bonds. The van der Waals surface area contributed by atoms with Crippen molar-refractivity contribution >= 4 is 18.5 Å². The summed E-state index contributed by atoms with van der Waals surface area (Å²) in [6.07, 6.45) is 6.18. The first kappa shape index (κ1) is 16.6. The predicted molar refractivity (Wildman–Crippen MR) is 102 cm³/mol. The van der Waals surface area contributed by atoms with Crippen LogP contribution in [0, 0.1) is 0 Å². The number of rotatable bonds is 6. The summed E-state index contributed by atoms with van der Waals surface area (Å²) >= 11 is 0. The molecule has 2 aromatic carbocycles. The van der Waals surface area contributed by atoms with Crippen LogP contribution in [0.3, 0.4) is 0 Å². The van der Waals surface area contributed by atoms with Crippen LogP contribution in [-0.2, 0) is 0 Å². The number of hydrogen-bond donors (Lipinski definition) is 2.